The zero-order valence-electron chi connectivity index (χ0n) is 16.3. The van der Waals surface area contributed by atoms with E-state index >= 15 is 0 Å². The Labute approximate surface area is 170 Å². The summed E-state index contributed by atoms with van der Waals surface area (Å²) in [4.78, 5) is 27.9. The zero-order valence-corrected chi connectivity index (χ0v) is 17.1. The van der Waals surface area contributed by atoms with Gasteiger partial charge in [0, 0.05) is 29.2 Å². The minimum absolute atomic E-state index is 0.109. The monoisotopic (exact) mass is 401 g/mol. The number of hydrogen-bond donors (Lipinski definition) is 2. The number of carbonyl (C=O) groups excluding carboxylic acids is 1. The summed E-state index contributed by atoms with van der Waals surface area (Å²) in [5.74, 6) is 1.80. The maximum atomic E-state index is 12.8. The minimum Gasteiger partial charge on any atom is -0.345 e. The number of nitrogens with one attached hydrogen (secondary N) is 2. The molecule has 0 saturated carbocycles. The molecule has 0 radical (unpaired) electrons. The molecule has 2 aliphatic heterocycles. The number of rotatable bonds is 2. The van der Waals surface area contributed by atoms with Gasteiger partial charge in [-0.3, -0.25) is 0 Å². The van der Waals surface area contributed by atoms with Crippen LogP contribution in [0.2, 0.25) is 5.02 Å². The Kier molecular flexibility index (Phi) is 5.37. The van der Waals surface area contributed by atoms with Crippen LogP contribution in [0.3, 0.4) is 0 Å². The molecule has 2 amide bonds. The summed E-state index contributed by atoms with van der Waals surface area (Å²) >= 11 is 5.92. The topological polar surface area (TPSA) is 65.8 Å². The largest absolute Gasteiger partial charge is 0.345 e. The Morgan fingerprint density at radius 3 is 2.57 bits per heavy atom. The van der Waals surface area contributed by atoms with Gasteiger partial charge in [0.1, 0.15) is 11.6 Å². The molecule has 0 atom stereocenters. The number of carbonyl (C=O) groups is 1. The van der Waals surface area contributed by atoms with E-state index in [1.807, 2.05) is 24.0 Å². The number of piperazine rings is 1. The first kappa shape index (κ1) is 19.0. The van der Waals surface area contributed by atoms with Gasteiger partial charge in [-0.1, -0.05) is 11.6 Å². The van der Waals surface area contributed by atoms with E-state index in [-0.39, 0.29) is 6.03 Å². The molecule has 3 heterocycles. The number of anilines is 2. The van der Waals surface area contributed by atoms with Gasteiger partial charge in [-0.05, 0) is 31.2 Å². The molecular weight excluding hydrogens is 376 g/mol. The van der Waals surface area contributed by atoms with Crippen LogP contribution >= 0.6 is 11.6 Å². The fraction of sp³-hybridized carbons (Fsp3) is 0.450. The SMILES string of the molecule is Cc1nc2c(c(N3CC[NH+](C)CC3)n1)CN(C(=O)Nc1ccc(Cl)cc1)CC2. The molecule has 7 nitrogen and oxygen atoms in total. The number of likely N-dealkylation sites (N-methyl/N-ethyl adjacent to an activating group) is 1. The lowest BCUT2D eigenvalue weighted by molar-refractivity contribution is -0.880. The van der Waals surface area contributed by atoms with Crippen LogP contribution < -0.4 is 15.1 Å². The molecule has 148 valence electrons. The molecule has 1 aromatic heterocycles. The minimum atomic E-state index is -0.109. The standard InChI is InChI=1S/C20H25ClN6O/c1-14-22-18-7-8-27(20(28)24-16-5-3-15(21)4-6-16)13-17(18)19(23-14)26-11-9-25(2)10-12-26/h3-6H,7-13H2,1-2H3,(H,24,28)/p+1. The van der Waals surface area contributed by atoms with Crippen LogP contribution in [0.25, 0.3) is 0 Å². The third-order valence-electron chi connectivity index (χ3n) is 5.45. The smallest absolute Gasteiger partial charge is 0.322 e. The molecule has 0 spiro atoms. The van der Waals surface area contributed by atoms with E-state index in [0.29, 0.717) is 18.1 Å². The van der Waals surface area contributed by atoms with Gasteiger partial charge in [0.15, 0.2) is 0 Å². The number of halogens is 1. The summed E-state index contributed by atoms with van der Waals surface area (Å²) in [5, 5.41) is 3.61. The van der Waals surface area contributed by atoms with Crippen LogP contribution in [0, 0.1) is 6.92 Å². The number of benzene rings is 1. The first-order valence-electron chi connectivity index (χ1n) is 9.74. The summed E-state index contributed by atoms with van der Waals surface area (Å²) < 4.78 is 0. The van der Waals surface area contributed by atoms with Crippen molar-refractivity contribution < 1.29 is 9.69 Å². The molecule has 2 aromatic rings. The van der Waals surface area contributed by atoms with Crippen molar-refractivity contribution in [2.24, 2.45) is 0 Å². The molecule has 1 fully saturated rings. The highest BCUT2D eigenvalue weighted by atomic mass is 35.5. The first-order chi connectivity index (χ1) is 13.5. The van der Waals surface area contributed by atoms with E-state index in [9.17, 15) is 4.79 Å². The van der Waals surface area contributed by atoms with Gasteiger partial charge in [-0.15, -0.1) is 0 Å². The first-order valence-corrected chi connectivity index (χ1v) is 10.1. The van der Waals surface area contributed by atoms with Crippen molar-refractivity contribution in [3.05, 3.63) is 46.4 Å². The molecule has 0 unspecified atom stereocenters. The van der Waals surface area contributed by atoms with Gasteiger partial charge in [-0.2, -0.15) is 0 Å². The molecule has 0 aliphatic carbocycles. The molecule has 8 heteroatoms. The van der Waals surface area contributed by atoms with E-state index < -0.39 is 0 Å². The van der Waals surface area contributed by atoms with Crippen molar-refractivity contribution >= 4 is 29.1 Å². The number of fused-ring (bicyclic) bond motifs is 1. The lowest BCUT2D eigenvalue weighted by Gasteiger charge is -2.35. The Morgan fingerprint density at radius 1 is 1.14 bits per heavy atom. The third kappa shape index (κ3) is 4.05. The van der Waals surface area contributed by atoms with Gasteiger partial charge in [0.05, 0.1) is 45.5 Å². The van der Waals surface area contributed by atoms with Crippen LogP contribution in [-0.4, -0.2) is 60.7 Å². The summed E-state index contributed by atoms with van der Waals surface area (Å²) in [6, 6.07) is 7.05. The number of quaternary nitrogens is 1. The second-order valence-electron chi connectivity index (χ2n) is 7.57. The molecule has 2 N–H and O–H groups in total. The van der Waals surface area contributed by atoms with Crippen LogP contribution in [0.5, 0.6) is 0 Å². The Hall–Kier alpha value is -2.38. The highest BCUT2D eigenvalue weighted by Crippen LogP contribution is 2.27. The average Bonchev–Trinajstić information content (AvgIpc) is 2.69. The number of aromatic nitrogens is 2. The summed E-state index contributed by atoms with van der Waals surface area (Å²) in [6.45, 7) is 7.28. The lowest BCUT2D eigenvalue weighted by atomic mass is 10.1. The Balaban J connectivity index is 1.53. The van der Waals surface area contributed by atoms with Crippen LogP contribution in [0.1, 0.15) is 17.1 Å². The second kappa shape index (κ2) is 7.93. The van der Waals surface area contributed by atoms with E-state index in [4.69, 9.17) is 16.6 Å². The number of urea groups is 1. The van der Waals surface area contributed by atoms with E-state index in [1.165, 1.54) is 0 Å². The Bertz CT molecular complexity index is 864. The molecule has 2 aliphatic rings. The van der Waals surface area contributed by atoms with Gasteiger partial charge in [-0.25, -0.2) is 14.8 Å². The normalized spacial score (nSPS) is 17.4. The molecule has 4 rings (SSSR count). The maximum absolute atomic E-state index is 12.8. The zero-order chi connectivity index (χ0) is 19.7. The van der Waals surface area contributed by atoms with Crippen molar-refractivity contribution in [2.45, 2.75) is 19.9 Å². The molecule has 28 heavy (non-hydrogen) atoms. The van der Waals surface area contributed by atoms with Gasteiger partial charge in [0.2, 0.25) is 0 Å². The van der Waals surface area contributed by atoms with Crippen LogP contribution in [0.15, 0.2) is 24.3 Å². The lowest BCUT2D eigenvalue weighted by Crippen LogP contribution is -3.12. The van der Waals surface area contributed by atoms with Gasteiger partial charge in [0.25, 0.3) is 0 Å². The fourth-order valence-corrected chi connectivity index (χ4v) is 3.91. The highest BCUT2D eigenvalue weighted by Gasteiger charge is 2.29. The van der Waals surface area contributed by atoms with E-state index in [1.54, 1.807) is 17.0 Å². The highest BCUT2D eigenvalue weighted by molar-refractivity contribution is 6.30. The van der Waals surface area contributed by atoms with Crippen molar-refractivity contribution in [3.63, 3.8) is 0 Å². The molecule has 0 bridgehead atoms. The van der Waals surface area contributed by atoms with Gasteiger partial charge < -0.3 is 20.0 Å². The molecule has 1 aromatic carbocycles. The van der Waals surface area contributed by atoms with Crippen molar-refractivity contribution in [2.75, 3.05) is 50.0 Å². The van der Waals surface area contributed by atoms with Crippen LogP contribution in [0.4, 0.5) is 16.3 Å². The summed E-state index contributed by atoms with van der Waals surface area (Å²) in [7, 11) is 2.22. The number of amides is 2. The van der Waals surface area contributed by atoms with Crippen molar-refractivity contribution in [1.82, 2.24) is 14.9 Å². The van der Waals surface area contributed by atoms with Crippen molar-refractivity contribution in [3.8, 4) is 0 Å². The Morgan fingerprint density at radius 2 is 1.86 bits per heavy atom. The third-order valence-corrected chi connectivity index (χ3v) is 5.70. The summed E-state index contributed by atoms with van der Waals surface area (Å²) in [6.07, 6.45) is 0.749. The van der Waals surface area contributed by atoms with E-state index in [0.717, 1.165) is 61.2 Å². The average molecular weight is 402 g/mol. The van der Waals surface area contributed by atoms with Crippen molar-refractivity contribution in [1.29, 1.82) is 0 Å². The quantitative estimate of drug-likeness (QED) is 0.797. The number of nitrogens with zero attached hydrogens (tertiary/aromatic N) is 4. The second-order valence-corrected chi connectivity index (χ2v) is 8.01. The number of hydrogen-bond acceptors (Lipinski definition) is 4. The molecule has 1 saturated heterocycles. The van der Waals surface area contributed by atoms with Crippen LogP contribution in [-0.2, 0) is 13.0 Å². The van der Waals surface area contributed by atoms with Gasteiger partial charge >= 0.3 is 6.03 Å². The molecular formula is C20H26ClN6O+. The number of aryl methyl sites for hydroxylation is 1. The fourth-order valence-electron chi connectivity index (χ4n) is 3.79. The van der Waals surface area contributed by atoms with E-state index in [2.05, 4.69) is 22.2 Å². The predicted octanol–water partition coefficient (Wildman–Crippen LogP) is 1.36. The summed E-state index contributed by atoms with van der Waals surface area (Å²) in [5.41, 5.74) is 2.90. The predicted molar refractivity (Wildman–Crippen MR) is 110 cm³/mol. The maximum Gasteiger partial charge on any atom is 0.322 e.